The highest BCUT2D eigenvalue weighted by atomic mass is 79.9. The Labute approximate surface area is 169 Å². The van der Waals surface area contributed by atoms with E-state index >= 15 is 0 Å². The number of methoxy groups -OCH3 is 1. The Hall–Kier alpha value is -3.39. The quantitative estimate of drug-likeness (QED) is 0.304. The van der Waals surface area contributed by atoms with Crippen LogP contribution in [0.15, 0.2) is 70.1 Å². The number of nitrogens with zero attached hydrogens (tertiary/aromatic N) is 2. The third-order valence-electron chi connectivity index (χ3n) is 3.77. The molecule has 3 aromatic rings. The summed E-state index contributed by atoms with van der Waals surface area (Å²) in [7, 11) is 1.60. The molecule has 0 heterocycles. The van der Waals surface area contributed by atoms with Gasteiger partial charge in [-0.3, -0.25) is 15.1 Å². The second-order valence-corrected chi connectivity index (χ2v) is 6.51. The zero-order chi connectivity index (χ0) is 20.1. The van der Waals surface area contributed by atoms with Crippen LogP contribution >= 0.6 is 15.9 Å². The SMILES string of the molecule is COc1ccc(Oc2ccc(N=Cc3cc([N+](=O)[O-])cc(Br)c3O)cc2)cc1. The van der Waals surface area contributed by atoms with Gasteiger partial charge < -0.3 is 14.6 Å². The topological polar surface area (TPSA) is 94.2 Å². The van der Waals surface area contributed by atoms with Crippen molar-refractivity contribution in [3.63, 3.8) is 0 Å². The molecule has 3 aromatic carbocycles. The van der Waals surface area contributed by atoms with Gasteiger partial charge in [0.2, 0.25) is 0 Å². The normalized spacial score (nSPS) is 10.8. The fourth-order valence-electron chi connectivity index (χ4n) is 2.33. The van der Waals surface area contributed by atoms with E-state index < -0.39 is 4.92 Å². The first-order valence-corrected chi connectivity index (χ1v) is 8.88. The van der Waals surface area contributed by atoms with Crippen LogP contribution in [-0.4, -0.2) is 23.4 Å². The van der Waals surface area contributed by atoms with Crippen LogP contribution in [0.3, 0.4) is 0 Å². The number of hydrogen-bond donors (Lipinski definition) is 1. The fraction of sp³-hybridized carbons (Fsp3) is 0.0500. The number of phenolic OH excluding ortho intramolecular Hbond substituents is 1. The van der Waals surface area contributed by atoms with Crippen LogP contribution in [0.1, 0.15) is 5.56 Å². The summed E-state index contributed by atoms with van der Waals surface area (Å²) in [6.45, 7) is 0. The third-order valence-corrected chi connectivity index (χ3v) is 4.38. The first-order chi connectivity index (χ1) is 13.5. The van der Waals surface area contributed by atoms with E-state index in [0.29, 0.717) is 17.2 Å². The molecule has 0 aliphatic rings. The lowest BCUT2D eigenvalue weighted by Gasteiger charge is -2.07. The molecule has 1 N–H and O–H groups in total. The summed E-state index contributed by atoms with van der Waals surface area (Å²) in [5, 5.41) is 21.0. The number of aromatic hydroxyl groups is 1. The molecule has 0 saturated carbocycles. The molecule has 0 unspecified atom stereocenters. The van der Waals surface area contributed by atoms with Crippen LogP contribution in [0.4, 0.5) is 11.4 Å². The van der Waals surface area contributed by atoms with Crippen LogP contribution in [-0.2, 0) is 0 Å². The molecule has 0 aliphatic heterocycles. The zero-order valence-electron chi connectivity index (χ0n) is 14.7. The molecule has 142 valence electrons. The van der Waals surface area contributed by atoms with Crippen LogP contribution < -0.4 is 9.47 Å². The second-order valence-electron chi connectivity index (χ2n) is 5.65. The Morgan fingerprint density at radius 3 is 2.18 bits per heavy atom. The highest BCUT2D eigenvalue weighted by molar-refractivity contribution is 9.10. The highest BCUT2D eigenvalue weighted by Gasteiger charge is 2.13. The predicted molar refractivity (Wildman–Crippen MR) is 109 cm³/mol. The van der Waals surface area contributed by atoms with Crippen LogP contribution in [0.25, 0.3) is 0 Å². The molecule has 0 aromatic heterocycles. The minimum absolute atomic E-state index is 0.117. The summed E-state index contributed by atoms with van der Waals surface area (Å²) in [6.07, 6.45) is 1.37. The van der Waals surface area contributed by atoms with E-state index in [4.69, 9.17) is 9.47 Å². The number of nitro groups is 1. The van der Waals surface area contributed by atoms with E-state index in [2.05, 4.69) is 20.9 Å². The number of rotatable bonds is 6. The van der Waals surface area contributed by atoms with Gasteiger partial charge in [0.15, 0.2) is 0 Å². The Morgan fingerprint density at radius 1 is 1.04 bits per heavy atom. The molecule has 3 rings (SSSR count). The van der Waals surface area contributed by atoms with Gasteiger partial charge in [0.05, 0.1) is 22.2 Å². The summed E-state index contributed by atoms with van der Waals surface area (Å²) < 4.78 is 11.1. The van der Waals surface area contributed by atoms with Crippen LogP contribution in [0.5, 0.6) is 23.0 Å². The van der Waals surface area contributed by atoms with Gasteiger partial charge in [0.1, 0.15) is 23.0 Å². The van der Waals surface area contributed by atoms with Gasteiger partial charge in [-0.1, -0.05) is 0 Å². The molecule has 8 heteroatoms. The van der Waals surface area contributed by atoms with E-state index in [1.165, 1.54) is 18.3 Å². The van der Waals surface area contributed by atoms with E-state index in [9.17, 15) is 15.2 Å². The number of hydrogen-bond acceptors (Lipinski definition) is 6. The number of ether oxygens (including phenoxy) is 2. The second kappa shape index (κ2) is 8.53. The number of aliphatic imine (C=N–C) groups is 1. The van der Waals surface area contributed by atoms with Crippen molar-refractivity contribution in [2.75, 3.05) is 7.11 Å². The molecule has 0 atom stereocenters. The smallest absolute Gasteiger partial charge is 0.271 e. The van der Waals surface area contributed by atoms with Crippen molar-refractivity contribution in [1.29, 1.82) is 0 Å². The largest absolute Gasteiger partial charge is 0.506 e. The first-order valence-electron chi connectivity index (χ1n) is 8.09. The summed E-state index contributed by atoms with van der Waals surface area (Å²) >= 11 is 3.10. The van der Waals surface area contributed by atoms with E-state index in [1.807, 2.05) is 0 Å². The first kappa shape index (κ1) is 19.4. The Kier molecular flexibility index (Phi) is 5.90. The fourth-order valence-corrected chi connectivity index (χ4v) is 2.80. The number of halogens is 1. The molecule has 0 fully saturated rings. The molecular formula is C20H15BrN2O5. The van der Waals surface area contributed by atoms with Gasteiger partial charge in [-0.25, -0.2) is 0 Å². The van der Waals surface area contributed by atoms with Crippen molar-refractivity contribution in [2.24, 2.45) is 4.99 Å². The summed E-state index contributed by atoms with van der Waals surface area (Å²) in [6, 6.07) is 16.7. The number of nitro benzene ring substituents is 1. The van der Waals surface area contributed by atoms with Crippen molar-refractivity contribution < 1.29 is 19.5 Å². The van der Waals surface area contributed by atoms with Gasteiger partial charge >= 0.3 is 0 Å². The maximum atomic E-state index is 11.0. The van der Waals surface area contributed by atoms with Crippen LogP contribution in [0, 0.1) is 10.1 Å². The lowest BCUT2D eigenvalue weighted by atomic mass is 10.2. The van der Waals surface area contributed by atoms with Crippen LogP contribution in [0.2, 0.25) is 0 Å². The van der Waals surface area contributed by atoms with E-state index in [0.717, 1.165) is 5.75 Å². The van der Waals surface area contributed by atoms with Gasteiger partial charge in [0.25, 0.3) is 5.69 Å². The van der Waals surface area contributed by atoms with Crippen molar-refractivity contribution in [2.45, 2.75) is 0 Å². The average Bonchev–Trinajstić information content (AvgIpc) is 2.70. The molecule has 0 bridgehead atoms. The molecule has 7 nitrogen and oxygen atoms in total. The average molecular weight is 443 g/mol. The Morgan fingerprint density at radius 2 is 1.61 bits per heavy atom. The molecule has 0 amide bonds. The standard InChI is InChI=1S/C20H15BrN2O5/c1-27-16-6-8-18(9-7-16)28-17-4-2-14(3-5-17)22-12-13-10-15(23(25)26)11-19(21)20(13)24/h2-12,24H,1H3. The molecule has 0 spiro atoms. The number of non-ortho nitro benzene ring substituents is 1. The summed E-state index contributed by atoms with van der Waals surface area (Å²) in [5.74, 6) is 1.93. The maximum absolute atomic E-state index is 11.0. The van der Waals surface area contributed by atoms with Gasteiger partial charge in [0, 0.05) is 23.9 Å². The summed E-state index contributed by atoms with van der Waals surface area (Å²) in [5.41, 5.74) is 0.693. The number of phenols is 1. The summed E-state index contributed by atoms with van der Waals surface area (Å²) in [4.78, 5) is 14.7. The zero-order valence-corrected chi connectivity index (χ0v) is 16.3. The molecule has 28 heavy (non-hydrogen) atoms. The minimum Gasteiger partial charge on any atom is -0.506 e. The minimum atomic E-state index is -0.535. The molecule has 0 radical (unpaired) electrons. The lowest BCUT2D eigenvalue weighted by molar-refractivity contribution is -0.385. The Bertz CT molecular complexity index is 1020. The van der Waals surface area contributed by atoms with Crippen molar-refractivity contribution in [1.82, 2.24) is 0 Å². The predicted octanol–water partition coefficient (Wildman–Crippen LogP) is 5.61. The van der Waals surface area contributed by atoms with Gasteiger partial charge in [-0.2, -0.15) is 0 Å². The van der Waals surface area contributed by atoms with Gasteiger partial charge in [-0.05, 0) is 64.5 Å². The number of benzene rings is 3. The maximum Gasteiger partial charge on any atom is 0.271 e. The van der Waals surface area contributed by atoms with Crippen molar-refractivity contribution >= 4 is 33.5 Å². The van der Waals surface area contributed by atoms with Gasteiger partial charge in [-0.15, -0.1) is 0 Å². The molecular weight excluding hydrogens is 428 g/mol. The van der Waals surface area contributed by atoms with Crippen molar-refractivity contribution in [3.8, 4) is 23.0 Å². The lowest BCUT2D eigenvalue weighted by Crippen LogP contribution is -1.91. The molecule has 0 saturated heterocycles. The molecule has 0 aliphatic carbocycles. The highest BCUT2D eigenvalue weighted by Crippen LogP contribution is 2.32. The van der Waals surface area contributed by atoms with Crippen molar-refractivity contribution in [3.05, 3.63) is 80.8 Å². The van der Waals surface area contributed by atoms with E-state index in [1.54, 1.807) is 55.6 Å². The Balaban J connectivity index is 1.74. The monoisotopic (exact) mass is 442 g/mol. The van der Waals surface area contributed by atoms with E-state index in [-0.39, 0.29) is 21.5 Å². The third kappa shape index (κ3) is 4.66.